The van der Waals surface area contributed by atoms with Crippen LogP contribution in [0.25, 0.3) is 0 Å². The van der Waals surface area contributed by atoms with Crippen molar-refractivity contribution in [1.29, 1.82) is 0 Å². The van der Waals surface area contributed by atoms with Gasteiger partial charge in [0.1, 0.15) is 24.4 Å². The Morgan fingerprint density at radius 1 is 0.557 bits per heavy atom. The summed E-state index contributed by atoms with van der Waals surface area (Å²) in [5, 5.41) is 54.2. The van der Waals surface area contributed by atoms with Gasteiger partial charge in [-0.15, -0.1) is 0 Å². The smallest absolute Gasteiger partial charge is 0.220 e. The molecule has 1 amide bonds. The summed E-state index contributed by atoms with van der Waals surface area (Å²) < 4.78 is 11.2. The van der Waals surface area contributed by atoms with Gasteiger partial charge in [0.2, 0.25) is 5.91 Å². The van der Waals surface area contributed by atoms with Gasteiger partial charge in [-0.25, -0.2) is 0 Å². The number of allylic oxidation sites excluding steroid dienone is 9. The Labute approximate surface area is 373 Å². The minimum absolute atomic E-state index is 0.212. The van der Waals surface area contributed by atoms with E-state index in [1.807, 2.05) is 6.08 Å². The fourth-order valence-corrected chi connectivity index (χ4v) is 7.56. The number of unbranched alkanes of at least 4 members (excludes halogenated alkanes) is 23. The Hall–Kier alpha value is -2.11. The fraction of sp³-hybridized carbons (Fsp3) is 0.788. The maximum absolute atomic E-state index is 13.0. The molecule has 0 radical (unpaired) electrons. The second kappa shape index (κ2) is 41.9. The van der Waals surface area contributed by atoms with Gasteiger partial charge in [-0.3, -0.25) is 4.79 Å². The number of nitrogens with one attached hydrogen (secondary N) is 1. The third kappa shape index (κ3) is 32.2. The van der Waals surface area contributed by atoms with Crippen molar-refractivity contribution in [3.63, 3.8) is 0 Å². The molecule has 9 nitrogen and oxygen atoms in total. The van der Waals surface area contributed by atoms with Gasteiger partial charge in [-0.05, 0) is 57.8 Å². The lowest BCUT2D eigenvalue weighted by molar-refractivity contribution is -0.302. The highest BCUT2D eigenvalue weighted by Gasteiger charge is 2.44. The Morgan fingerprint density at radius 3 is 1.43 bits per heavy atom. The second-order valence-electron chi connectivity index (χ2n) is 17.3. The van der Waals surface area contributed by atoms with Gasteiger partial charge in [-0.2, -0.15) is 0 Å². The summed E-state index contributed by atoms with van der Waals surface area (Å²) in [7, 11) is 0. The van der Waals surface area contributed by atoms with E-state index < -0.39 is 49.5 Å². The lowest BCUT2D eigenvalue weighted by Gasteiger charge is -2.40. The largest absolute Gasteiger partial charge is 0.394 e. The molecule has 0 aromatic carbocycles. The molecule has 1 aliphatic heterocycles. The van der Waals surface area contributed by atoms with Crippen LogP contribution in [0.2, 0.25) is 0 Å². The first-order valence-corrected chi connectivity index (χ1v) is 25.0. The number of carbonyl (C=O) groups excluding carboxylic acids is 1. The average molecular weight is 860 g/mol. The van der Waals surface area contributed by atoms with E-state index in [-0.39, 0.29) is 18.9 Å². The van der Waals surface area contributed by atoms with Gasteiger partial charge in [-0.1, -0.05) is 203 Å². The van der Waals surface area contributed by atoms with Crippen LogP contribution in [0.3, 0.4) is 0 Å². The van der Waals surface area contributed by atoms with E-state index in [0.717, 1.165) is 44.9 Å². The van der Waals surface area contributed by atoms with Crippen LogP contribution in [0.5, 0.6) is 0 Å². The van der Waals surface area contributed by atoms with Crippen LogP contribution in [0, 0.1) is 0 Å². The van der Waals surface area contributed by atoms with E-state index in [9.17, 15) is 30.3 Å². The SMILES string of the molecule is CCCCCCCCC/C=C/C/C=C/C/C=C/C/C=C/CCCC(=O)N[C@@H](CO[C@H]1O[C@@H](CO)[C@H](O)C(O)C1O)[C@H](O)/C=C/CCCCCCCCCCCCCCCCC. The van der Waals surface area contributed by atoms with Crippen LogP contribution in [-0.4, -0.2) is 87.5 Å². The standard InChI is InChI=1S/C52H93NO8/c1-3-5-7-9-11-13-15-17-19-21-22-23-24-26-28-30-32-34-36-38-40-42-48(56)53-45(44-60-52-51(59)50(58)49(57)47(43-54)61-52)46(55)41-39-37-35-33-31-29-27-25-20-18-16-14-12-10-8-6-4-2/h19,21,23-24,28,30,34,36,39,41,45-47,49-52,54-55,57-59H,3-18,20,22,25-27,29,31-33,35,37-38,40,42-44H2,1-2H3,(H,53,56)/b21-19+,24-23+,30-28+,36-34+,41-39+/t45-,46+,47-,49-,50?,51?,52-/m0/s1. The number of amides is 1. The van der Waals surface area contributed by atoms with Gasteiger partial charge in [0, 0.05) is 6.42 Å². The number of ether oxygens (including phenoxy) is 2. The molecule has 6 N–H and O–H groups in total. The Balaban J connectivity index is 2.38. The Kier molecular flexibility index (Phi) is 39.1. The highest BCUT2D eigenvalue weighted by molar-refractivity contribution is 5.76. The number of hydrogen-bond acceptors (Lipinski definition) is 8. The van der Waals surface area contributed by atoms with Crippen molar-refractivity contribution in [3.8, 4) is 0 Å². The summed E-state index contributed by atoms with van der Waals surface area (Å²) in [6.45, 7) is 3.74. The summed E-state index contributed by atoms with van der Waals surface area (Å²) in [6.07, 6.45) is 48.4. The van der Waals surface area contributed by atoms with Crippen molar-refractivity contribution in [1.82, 2.24) is 5.32 Å². The van der Waals surface area contributed by atoms with E-state index in [2.05, 4.69) is 67.8 Å². The zero-order chi connectivity index (χ0) is 44.4. The highest BCUT2D eigenvalue weighted by atomic mass is 16.7. The van der Waals surface area contributed by atoms with Gasteiger partial charge in [0.15, 0.2) is 6.29 Å². The third-order valence-corrected chi connectivity index (χ3v) is 11.6. The maximum Gasteiger partial charge on any atom is 0.220 e. The first kappa shape index (κ1) is 56.9. The van der Waals surface area contributed by atoms with Gasteiger partial charge in [0.05, 0.1) is 25.4 Å². The van der Waals surface area contributed by atoms with E-state index >= 15 is 0 Å². The van der Waals surface area contributed by atoms with Crippen LogP contribution in [0.4, 0.5) is 0 Å². The van der Waals surface area contributed by atoms with E-state index in [1.54, 1.807) is 6.08 Å². The lowest BCUT2D eigenvalue weighted by Crippen LogP contribution is -2.60. The number of hydrogen-bond donors (Lipinski definition) is 6. The van der Waals surface area contributed by atoms with Crippen molar-refractivity contribution in [3.05, 3.63) is 60.8 Å². The molecular formula is C52H93NO8. The molecule has 7 atom stereocenters. The summed E-state index contributed by atoms with van der Waals surface area (Å²) in [5.41, 5.74) is 0. The second-order valence-corrected chi connectivity index (χ2v) is 17.3. The molecule has 0 spiro atoms. The zero-order valence-electron chi connectivity index (χ0n) is 38.9. The van der Waals surface area contributed by atoms with E-state index in [4.69, 9.17) is 9.47 Å². The fourth-order valence-electron chi connectivity index (χ4n) is 7.56. The minimum atomic E-state index is -1.58. The molecular weight excluding hydrogens is 767 g/mol. The predicted molar refractivity (Wildman–Crippen MR) is 253 cm³/mol. The van der Waals surface area contributed by atoms with Crippen molar-refractivity contribution in [2.24, 2.45) is 0 Å². The van der Waals surface area contributed by atoms with Gasteiger partial charge < -0.3 is 40.3 Å². The van der Waals surface area contributed by atoms with Crippen LogP contribution >= 0.6 is 0 Å². The maximum atomic E-state index is 13.0. The van der Waals surface area contributed by atoms with Gasteiger partial charge >= 0.3 is 0 Å². The summed E-state index contributed by atoms with van der Waals surface area (Å²) in [5.74, 6) is -0.231. The molecule has 0 bridgehead atoms. The first-order valence-electron chi connectivity index (χ1n) is 25.0. The molecule has 1 fully saturated rings. The van der Waals surface area contributed by atoms with Crippen LogP contribution in [-0.2, 0) is 14.3 Å². The quantitative estimate of drug-likeness (QED) is 0.0263. The van der Waals surface area contributed by atoms with Crippen molar-refractivity contribution >= 4 is 5.91 Å². The molecule has 1 saturated heterocycles. The molecule has 1 aliphatic rings. The summed E-state index contributed by atoms with van der Waals surface area (Å²) >= 11 is 0. The molecule has 1 rings (SSSR count). The molecule has 0 aromatic rings. The van der Waals surface area contributed by atoms with Crippen molar-refractivity contribution in [2.75, 3.05) is 13.2 Å². The number of rotatable bonds is 41. The van der Waals surface area contributed by atoms with Crippen molar-refractivity contribution in [2.45, 2.75) is 249 Å². The van der Waals surface area contributed by atoms with E-state index in [0.29, 0.717) is 6.42 Å². The number of carbonyl (C=O) groups is 1. The Bertz CT molecular complexity index is 1140. The normalized spacial score (nSPS) is 20.9. The molecule has 0 saturated carbocycles. The van der Waals surface area contributed by atoms with Crippen molar-refractivity contribution < 1.29 is 39.8 Å². The number of aliphatic hydroxyl groups excluding tert-OH is 5. The molecule has 2 unspecified atom stereocenters. The molecule has 61 heavy (non-hydrogen) atoms. The minimum Gasteiger partial charge on any atom is -0.394 e. The number of aliphatic hydroxyl groups is 5. The third-order valence-electron chi connectivity index (χ3n) is 11.6. The molecule has 0 aliphatic carbocycles. The monoisotopic (exact) mass is 860 g/mol. The first-order chi connectivity index (χ1) is 29.8. The summed E-state index contributed by atoms with van der Waals surface area (Å²) in [6, 6.07) is -0.835. The summed E-state index contributed by atoms with van der Waals surface area (Å²) in [4.78, 5) is 13.0. The Morgan fingerprint density at radius 2 is 0.967 bits per heavy atom. The van der Waals surface area contributed by atoms with Crippen LogP contribution in [0.15, 0.2) is 60.8 Å². The zero-order valence-corrected chi connectivity index (χ0v) is 38.9. The van der Waals surface area contributed by atoms with E-state index in [1.165, 1.54) is 135 Å². The highest BCUT2D eigenvalue weighted by Crippen LogP contribution is 2.22. The average Bonchev–Trinajstić information content (AvgIpc) is 3.26. The lowest BCUT2D eigenvalue weighted by atomic mass is 9.99. The van der Waals surface area contributed by atoms with Crippen LogP contribution < -0.4 is 5.32 Å². The molecule has 0 aromatic heterocycles. The molecule has 1 heterocycles. The van der Waals surface area contributed by atoms with Gasteiger partial charge in [0.25, 0.3) is 0 Å². The molecule has 9 heteroatoms. The topological polar surface area (TPSA) is 149 Å². The predicted octanol–water partition coefficient (Wildman–Crippen LogP) is 11.2. The molecule has 354 valence electrons. The van der Waals surface area contributed by atoms with Crippen LogP contribution in [0.1, 0.15) is 206 Å².